The van der Waals surface area contributed by atoms with Crippen molar-refractivity contribution in [2.75, 3.05) is 6.26 Å². The van der Waals surface area contributed by atoms with Crippen LogP contribution in [-0.4, -0.2) is 25.0 Å². The highest BCUT2D eigenvalue weighted by atomic mass is 32.2. The van der Waals surface area contributed by atoms with Gasteiger partial charge in [-0.15, -0.1) is 0 Å². The van der Waals surface area contributed by atoms with Crippen molar-refractivity contribution in [3.8, 4) is 22.5 Å². The predicted octanol–water partition coefficient (Wildman–Crippen LogP) is 3.30. The number of hydrogen-bond acceptors (Lipinski definition) is 3. The molecule has 1 aliphatic heterocycles. The molecule has 0 bridgehead atoms. The van der Waals surface area contributed by atoms with Crippen LogP contribution in [0.25, 0.3) is 22.5 Å². The Hall–Kier alpha value is -2.27. The van der Waals surface area contributed by atoms with Crippen molar-refractivity contribution in [3.05, 3.63) is 54.6 Å². The molecule has 23 heavy (non-hydrogen) atoms. The van der Waals surface area contributed by atoms with Crippen LogP contribution in [0.5, 0.6) is 0 Å². The fraction of sp³-hybridized carbons (Fsp3) is 0.222. The Morgan fingerprint density at radius 2 is 1.78 bits per heavy atom. The lowest BCUT2D eigenvalue weighted by molar-refractivity contribution is 0.687. The first-order chi connectivity index (χ1) is 11.2. The molecule has 1 unspecified atom stereocenters. The van der Waals surface area contributed by atoms with Crippen molar-refractivity contribution in [2.24, 2.45) is 0 Å². The molecule has 0 radical (unpaired) electrons. The van der Waals surface area contributed by atoms with E-state index in [1.165, 1.54) is 0 Å². The maximum atomic E-state index is 11.6. The molecule has 1 atom stereocenters. The van der Waals surface area contributed by atoms with E-state index >= 15 is 0 Å². The summed E-state index contributed by atoms with van der Waals surface area (Å²) in [6.45, 7) is 1.00. The van der Waals surface area contributed by atoms with Gasteiger partial charge in [0.05, 0.1) is 11.4 Å². The molecule has 1 aromatic carbocycles. The van der Waals surface area contributed by atoms with Gasteiger partial charge >= 0.3 is 0 Å². The molecule has 0 aliphatic carbocycles. The number of aromatic nitrogens is 3. The van der Waals surface area contributed by atoms with Gasteiger partial charge in [0.1, 0.15) is 5.82 Å². The number of imidazole rings is 1. The molecule has 0 saturated heterocycles. The van der Waals surface area contributed by atoms with Crippen LogP contribution in [-0.2, 0) is 23.8 Å². The Balaban J connectivity index is 1.88. The van der Waals surface area contributed by atoms with E-state index in [0.29, 0.717) is 0 Å². The van der Waals surface area contributed by atoms with Crippen molar-refractivity contribution in [3.63, 3.8) is 0 Å². The van der Waals surface area contributed by atoms with Crippen LogP contribution in [0.1, 0.15) is 12.2 Å². The van der Waals surface area contributed by atoms with Gasteiger partial charge in [-0.2, -0.15) is 0 Å². The Morgan fingerprint density at radius 1 is 1.04 bits per heavy atom. The first-order valence-corrected chi connectivity index (χ1v) is 9.23. The van der Waals surface area contributed by atoms with Gasteiger partial charge in [-0.05, 0) is 30.7 Å². The van der Waals surface area contributed by atoms with Crippen LogP contribution in [0, 0.1) is 0 Å². The summed E-state index contributed by atoms with van der Waals surface area (Å²) in [5.41, 5.74) is 4.36. The maximum absolute atomic E-state index is 11.6. The van der Waals surface area contributed by atoms with Gasteiger partial charge < -0.3 is 4.57 Å². The zero-order valence-electron chi connectivity index (χ0n) is 12.9. The lowest BCUT2D eigenvalue weighted by atomic mass is 10.1. The molecule has 0 saturated carbocycles. The normalized spacial score (nSPS) is 14.7. The minimum atomic E-state index is -0.955. The number of fused-ring (bicyclic) bond motifs is 1. The summed E-state index contributed by atoms with van der Waals surface area (Å²) in [5.74, 6) is 1.15. The van der Waals surface area contributed by atoms with Crippen molar-refractivity contribution < 1.29 is 4.21 Å². The second-order valence-electron chi connectivity index (χ2n) is 5.69. The highest BCUT2D eigenvalue weighted by Crippen LogP contribution is 2.35. The number of pyridine rings is 1. The van der Waals surface area contributed by atoms with Crippen molar-refractivity contribution in [1.29, 1.82) is 0 Å². The van der Waals surface area contributed by atoms with Gasteiger partial charge in [-0.3, -0.25) is 9.19 Å². The van der Waals surface area contributed by atoms with Gasteiger partial charge in [0.15, 0.2) is 0 Å². The van der Waals surface area contributed by atoms with Gasteiger partial charge in [-0.25, -0.2) is 4.98 Å². The molecule has 2 aromatic heterocycles. The highest BCUT2D eigenvalue weighted by Gasteiger charge is 2.23. The van der Waals surface area contributed by atoms with E-state index in [1.807, 2.05) is 36.4 Å². The van der Waals surface area contributed by atoms with Gasteiger partial charge in [0.2, 0.25) is 0 Å². The van der Waals surface area contributed by atoms with Crippen LogP contribution >= 0.6 is 0 Å². The average Bonchev–Trinajstić information content (AvgIpc) is 3.16. The van der Waals surface area contributed by atoms with Crippen LogP contribution in [0.3, 0.4) is 0 Å². The topological polar surface area (TPSA) is 47.8 Å². The molecule has 0 spiro atoms. The summed E-state index contributed by atoms with van der Waals surface area (Å²) >= 11 is 0. The molecular weight excluding hydrogens is 306 g/mol. The molecule has 0 amide bonds. The number of hydrogen-bond donors (Lipinski definition) is 0. The summed E-state index contributed by atoms with van der Waals surface area (Å²) in [5, 5.41) is 0. The fourth-order valence-electron chi connectivity index (χ4n) is 3.13. The summed E-state index contributed by atoms with van der Waals surface area (Å²) in [6.07, 6.45) is 7.46. The number of rotatable bonds is 3. The second kappa shape index (κ2) is 5.74. The summed E-state index contributed by atoms with van der Waals surface area (Å²) < 4.78 is 13.9. The smallest absolute Gasteiger partial charge is 0.109 e. The zero-order chi connectivity index (χ0) is 15.8. The molecule has 0 fully saturated rings. The Labute approximate surface area is 137 Å². The van der Waals surface area contributed by atoms with E-state index in [2.05, 4.69) is 9.55 Å². The molecule has 3 aromatic rings. The number of nitrogens with zero attached hydrogens (tertiary/aromatic N) is 3. The SMILES string of the molecule is CS(=O)c1ccc(-c2c(-c3ccncc3)nc3n2CCC3)cc1. The molecule has 4 nitrogen and oxygen atoms in total. The van der Waals surface area contributed by atoms with Crippen molar-refractivity contribution >= 4 is 10.8 Å². The van der Waals surface area contributed by atoms with Crippen molar-refractivity contribution in [1.82, 2.24) is 14.5 Å². The number of benzene rings is 1. The summed E-state index contributed by atoms with van der Waals surface area (Å²) in [7, 11) is -0.955. The molecule has 0 N–H and O–H groups in total. The van der Waals surface area contributed by atoms with Gasteiger partial charge in [-0.1, -0.05) is 12.1 Å². The quantitative estimate of drug-likeness (QED) is 0.743. The number of aryl methyl sites for hydroxylation is 1. The largest absolute Gasteiger partial charge is 0.327 e. The van der Waals surface area contributed by atoms with E-state index in [4.69, 9.17) is 4.98 Å². The Bertz CT molecular complexity index is 869. The average molecular weight is 323 g/mol. The maximum Gasteiger partial charge on any atom is 0.109 e. The monoisotopic (exact) mass is 323 g/mol. The molecule has 4 rings (SSSR count). The molecule has 116 valence electrons. The lowest BCUT2D eigenvalue weighted by Crippen LogP contribution is -1.97. The summed E-state index contributed by atoms with van der Waals surface area (Å²) in [4.78, 5) is 9.82. The van der Waals surface area contributed by atoms with Gasteiger partial charge in [0, 0.05) is 58.4 Å². The highest BCUT2D eigenvalue weighted by molar-refractivity contribution is 7.84. The minimum absolute atomic E-state index is 0.848. The third-order valence-electron chi connectivity index (χ3n) is 4.24. The Kier molecular flexibility index (Phi) is 3.58. The standard InChI is InChI=1S/C18H17N3OS/c1-23(22)15-6-4-14(5-7-15)18-17(13-8-10-19-11-9-13)20-16-3-2-12-21(16)18/h4-11H,2-3,12H2,1H3. The molecule has 1 aliphatic rings. The molecular formula is C18H17N3OS. The third-order valence-corrected chi connectivity index (χ3v) is 5.18. The van der Waals surface area contributed by atoms with E-state index in [9.17, 15) is 4.21 Å². The Morgan fingerprint density at radius 3 is 2.48 bits per heavy atom. The lowest BCUT2D eigenvalue weighted by Gasteiger charge is -2.09. The molecule has 3 heterocycles. The van der Waals surface area contributed by atoms with Crippen LogP contribution < -0.4 is 0 Å². The minimum Gasteiger partial charge on any atom is -0.327 e. The van der Waals surface area contributed by atoms with Crippen LogP contribution in [0.4, 0.5) is 0 Å². The van der Waals surface area contributed by atoms with E-state index < -0.39 is 10.8 Å². The van der Waals surface area contributed by atoms with E-state index in [-0.39, 0.29) is 0 Å². The van der Waals surface area contributed by atoms with Crippen LogP contribution in [0.15, 0.2) is 53.7 Å². The van der Waals surface area contributed by atoms with E-state index in [0.717, 1.165) is 52.6 Å². The first kappa shape index (κ1) is 14.3. The second-order valence-corrected chi connectivity index (χ2v) is 7.07. The fourth-order valence-corrected chi connectivity index (χ4v) is 3.65. The third kappa shape index (κ3) is 2.51. The van der Waals surface area contributed by atoms with Crippen molar-refractivity contribution in [2.45, 2.75) is 24.3 Å². The predicted molar refractivity (Wildman–Crippen MR) is 91.5 cm³/mol. The first-order valence-electron chi connectivity index (χ1n) is 7.68. The zero-order valence-corrected chi connectivity index (χ0v) is 13.7. The van der Waals surface area contributed by atoms with E-state index in [1.54, 1.807) is 18.6 Å². The van der Waals surface area contributed by atoms with Gasteiger partial charge in [0.25, 0.3) is 0 Å². The summed E-state index contributed by atoms with van der Waals surface area (Å²) in [6, 6.07) is 12.0. The molecule has 5 heteroatoms. The van der Waals surface area contributed by atoms with Crippen LogP contribution in [0.2, 0.25) is 0 Å².